The molecule has 27 heavy (non-hydrogen) atoms. The largest absolute Gasteiger partial charge is 0.325 e. The summed E-state index contributed by atoms with van der Waals surface area (Å²) in [6.45, 7) is 8.33. The molecule has 7 heteroatoms. The van der Waals surface area contributed by atoms with Crippen molar-refractivity contribution < 1.29 is 4.79 Å². The van der Waals surface area contributed by atoms with E-state index in [1.165, 1.54) is 22.9 Å². The molecule has 0 unspecified atom stereocenters. The number of aryl methyl sites for hydroxylation is 2. The van der Waals surface area contributed by atoms with E-state index >= 15 is 0 Å². The fourth-order valence-corrected chi connectivity index (χ4v) is 3.41. The van der Waals surface area contributed by atoms with Crippen molar-refractivity contribution >= 4 is 23.4 Å². The lowest BCUT2D eigenvalue weighted by Gasteiger charge is -2.13. The molecule has 1 amide bonds. The number of amides is 1. The van der Waals surface area contributed by atoms with Gasteiger partial charge in [-0.25, -0.2) is 0 Å². The van der Waals surface area contributed by atoms with Gasteiger partial charge in [0.15, 0.2) is 0 Å². The highest BCUT2D eigenvalue weighted by atomic mass is 32.2. The molecule has 6 nitrogen and oxygen atoms in total. The molecule has 0 saturated carbocycles. The highest BCUT2D eigenvalue weighted by molar-refractivity contribution is 7.99. The van der Waals surface area contributed by atoms with Crippen LogP contribution in [0.1, 0.15) is 36.5 Å². The Labute approximate surface area is 163 Å². The Balaban J connectivity index is 1.69. The number of aromatic nitrogens is 4. The van der Waals surface area contributed by atoms with Gasteiger partial charge >= 0.3 is 0 Å². The van der Waals surface area contributed by atoms with Gasteiger partial charge in [0.25, 0.3) is 0 Å². The SMILES string of the molecule is Cc1ccc(-n2nnnc2SCC(=O)Nc2ccccc2C(C)C)cc1C. The van der Waals surface area contributed by atoms with Gasteiger partial charge in [0, 0.05) is 5.69 Å². The Morgan fingerprint density at radius 1 is 1.15 bits per heavy atom. The van der Waals surface area contributed by atoms with E-state index in [2.05, 4.69) is 48.5 Å². The van der Waals surface area contributed by atoms with Crippen LogP contribution in [0.4, 0.5) is 5.69 Å². The number of nitrogens with zero attached hydrogens (tertiary/aromatic N) is 4. The van der Waals surface area contributed by atoms with E-state index in [1.807, 2.05) is 42.5 Å². The van der Waals surface area contributed by atoms with Gasteiger partial charge in [-0.15, -0.1) is 5.10 Å². The van der Waals surface area contributed by atoms with Crippen molar-refractivity contribution in [1.29, 1.82) is 0 Å². The molecule has 0 aliphatic rings. The summed E-state index contributed by atoms with van der Waals surface area (Å²) in [6, 6.07) is 13.9. The molecule has 0 fully saturated rings. The number of para-hydroxylation sites is 1. The summed E-state index contributed by atoms with van der Waals surface area (Å²) in [6.07, 6.45) is 0. The Hall–Kier alpha value is -2.67. The van der Waals surface area contributed by atoms with E-state index in [0.717, 1.165) is 16.9 Å². The average molecular weight is 382 g/mol. The van der Waals surface area contributed by atoms with Crippen LogP contribution < -0.4 is 5.32 Å². The van der Waals surface area contributed by atoms with Crippen molar-refractivity contribution in [3.63, 3.8) is 0 Å². The number of rotatable bonds is 6. The first-order valence-electron chi connectivity index (χ1n) is 8.83. The first-order chi connectivity index (χ1) is 13.0. The first kappa shape index (κ1) is 19.1. The van der Waals surface area contributed by atoms with E-state index in [-0.39, 0.29) is 11.7 Å². The number of nitrogens with one attached hydrogen (secondary N) is 1. The van der Waals surface area contributed by atoms with Crippen LogP contribution in [0.3, 0.4) is 0 Å². The third-order valence-corrected chi connectivity index (χ3v) is 5.28. The second-order valence-corrected chi connectivity index (χ2v) is 7.66. The van der Waals surface area contributed by atoms with Gasteiger partial charge in [-0.3, -0.25) is 4.79 Å². The smallest absolute Gasteiger partial charge is 0.234 e. The molecule has 0 radical (unpaired) electrons. The molecule has 0 spiro atoms. The van der Waals surface area contributed by atoms with Crippen molar-refractivity contribution in [3.05, 3.63) is 59.2 Å². The van der Waals surface area contributed by atoms with Crippen molar-refractivity contribution in [2.45, 2.75) is 38.8 Å². The highest BCUT2D eigenvalue weighted by Gasteiger charge is 2.14. The van der Waals surface area contributed by atoms with E-state index < -0.39 is 0 Å². The normalized spacial score (nSPS) is 11.0. The molecule has 0 saturated heterocycles. The van der Waals surface area contributed by atoms with Crippen molar-refractivity contribution in [2.75, 3.05) is 11.1 Å². The van der Waals surface area contributed by atoms with Crippen molar-refractivity contribution in [3.8, 4) is 5.69 Å². The van der Waals surface area contributed by atoms with Crippen LogP contribution in [-0.2, 0) is 4.79 Å². The van der Waals surface area contributed by atoms with E-state index in [9.17, 15) is 4.79 Å². The second kappa shape index (κ2) is 8.35. The summed E-state index contributed by atoms with van der Waals surface area (Å²) in [7, 11) is 0. The molecular formula is C20H23N5OS. The zero-order valence-electron chi connectivity index (χ0n) is 15.9. The molecule has 3 aromatic rings. The molecule has 1 N–H and O–H groups in total. The molecule has 0 bridgehead atoms. The molecule has 140 valence electrons. The summed E-state index contributed by atoms with van der Waals surface area (Å²) >= 11 is 1.32. The van der Waals surface area contributed by atoms with E-state index in [4.69, 9.17) is 0 Å². The first-order valence-corrected chi connectivity index (χ1v) is 9.82. The summed E-state index contributed by atoms with van der Waals surface area (Å²) in [4.78, 5) is 12.4. The minimum absolute atomic E-state index is 0.0808. The lowest BCUT2D eigenvalue weighted by Crippen LogP contribution is -2.16. The van der Waals surface area contributed by atoms with Gasteiger partial charge < -0.3 is 5.32 Å². The van der Waals surface area contributed by atoms with Gasteiger partial charge in [0.2, 0.25) is 11.1 Å². The Morgan fingerprint density at radius 3 is 2.67 bits per heavy atom. The third-order valence-electron chi connectivity index (χ3n) is 4.37. The Bertz CT molecular complexity index is 951. The van der Waals surface area contributed by atoms with Crippen LogP contribution in [0.15, 0.2) is 47.6 Å². The van der Waals surface area contributed by atoms with Crippen molar-refractivity contribution in [2.24, 2.45) is 0 Å². The standard InChI is InChI=1S/C20H23N5OS/c1-13(2)17-7-5-6-8-18(17)21-19(26)12-27-20-22-23-24-25(20)16-10-9-14(3)15(4)11-16/h5-11,13H,12H2,1-4H3,(H,21,26). The number of thioether (sulfide) groups is 1. The van der Waals surface area contributed by atoms with E-state index in [0.29, 0.717) is 11.1 Å². The van der Waals surface area contributed by atoms with Gasteiger partial charge in [-0.05, 0) is 65.1 Å². The van der Waals surface area contributed by atoms with Crippen LogP contribution in [0.2, 0.25) is 0 Å². The number of anilines is 1. The molecule has 0 aliphatic carbocycles. The van der Waals surface area contributed by atoms with Gasteiger partial charge in [-0.2, -0.15) is 4.68 Å². The topological polar surface area (TPSA) is 72.7 Å². The predicted octanol–water partition coefficient (Wildman–Crippen LogP) is 4.13. The maximum Gasteiger partial charge on any atom is 0.234 e. The highest BCUT2D eigenvalue weighted by Crippen LogP contribution is 2.25. The van der Waals surface area contributed by atoms with Gasteiger partial charge in [0.05, 0.1) is 11.4 Å². The zero-order chi connectivity index (χ0) is 19.4. The minimum atomic E-state index is -0.0808. The molecule has 0 aliphatic heterocycles. The summed E-state index contributed by atoms with van der Waals surface area (Å²) in [5.74, 6) is 0.492. The Kier molecular flexibility index (Phi) is 5.91. The number of hydrogen-bond donors (Lipinski definition) is 1. The number of tetrazole rings is 1. The van der Waals surface area contributed by atoms with Crippen LogP contribution in [0.5, 0.6) is 0 Å². The molecule has 1 heterocycles. The Morgan fingerprint density at radius 2 is 1.93 bits per heavy atom. The van der Waals surface area contributed by atoms with Crippen LogP contribution in [0, 0.1) is 13.8 Å². The number of benzene rings is 2. The second-order valence-electron chi connectivity index (χ2n) is 6.72. The number of hydrogen-bond acceptors (Lipinski definition) is 5. The van der Waals surface area contributed by atoms with Crippen LogP contribution >= 0.6 is 11.8 Å². The fraction of sp³-hybridized carbons (Fsp3) is 0.300. The number of carbonyl (C=O) groups excluding carboxylic acids is 1. The lowest BCUT2D eigenvalue weighted by molar-refractivity contribution is -0.113. The van der Waals surface area contributed by atoms with Crippen LogP contribution in [0.25, 0.3) is 5.69 Å². The summed E-state index contributed by atoms with van der Waals surface area (Å²) < 4.78 is 1.66. The monoisotopic (exact) mass is 381 g/mol. The average Bonchev–Trinajstić information content (AvgIpc) is 3.11. The van der Waals surface area contributed by atoms with Gasteiger partial charge in [-0.1, -0.05) is 49.9 Å². The van der Waals surface area contributed by atoms with Crippen LogP contribution in [-0.4, -0.2) is 31.9 Å². The summed E-state index contributed by atoms with van der Waals surface area (Å²) in [5.41, 5.74) is 5.24. The van der Waals surface area contributed by atoms with E-state index in [1.54, 1.807) is 4.68 Å². The third kappa shape index (κ3) is 4.54. The quantitative estimate of drug-likeness (QED) is 0.650. The number of carbonyl (C=O) groups is 1. The maximum atomic E-state index is 12.4. The fourth-order valence-electron chi connectivity index (χ4n) is 2.72. The zero-order valence-corrected chi connectivity index (χ0v) is 16.7. The minimum Gasteiger partial charge on any atom is -0.325 e. The lowest BCUT2D eigenvalue weighted by atomic mass is 10.0. The molecule has 1 aromatic heterocycles. The molecule has 0 atom stereocenters. The maximum absolute atomic E-state index is 12.4. The van der Waals surface area contributed by atoms with Crippen molar-refractivity contribution in [1.82, 2.24) is 20.2 Å². The molecule has 2 aromatic carbocycles. The predicted molar refractivity (Wildman–Crippen MR) is 109 cm³/mol. The molecular weight excluding hydrogens is 358 g/mol. The summed E-state index contributed by atoms with van der Waals surface area (Å²) in [5, 5.41) is 15.5. The van der Waals surface area contributed by atoms with Gasteiger partial charge in [0.1, 0.15) is 0 Å². The molecule has 3 rings (SSSR count).